The molecule has 10 atom stereocenters. The molecule has 2 aliphatic heterocycles. The van der Waals surface area contributed by atoms with E-state index in [1.807, 2.05) is 39.9 Å². The number of hydrogen-bond acceptors (Lipinski definition) is 17. The van der Waals surface area contributed by atoms with Crippen molar-refractivity contribution in [1.29, 1.82) is 5.26 Å². The minimum Gasteiger partial charge on any atom is -0.408 e. The van der Waals surface area contributed by atoms with E-state index >= 15 is 8.78 Å². The predicted octanol–water partition coefficient (Wildman–Crippen LogP) is 5.06. The highest BCUT2D eigenvalue weighted by molar-refractivity contribution is 8.07. The Kier molecular flexibility index (Phi) is 14.3. The van der Waals surface area contributed by atoms with Crippen LogP contribution in [-0.2, 0) is 48.4 Å². The number of aliphatic hydroxyl groups is 1. The van der Waals surface area contributed by atoms with Crippen LogP contribution in [0.1, 0.15) is 50.0 Å². The maximum absolute atomic E-state index is 16.8. The van der Waals surface area contributed by atoms with Crippen LogP contribution in [0, 0.1) is 17.1 Å². The lowest BCUT2D eigenvalue weighted by molar-refractivity contribution is -0.0544. The molecule has 0 saturated carbocycles. The van der Waals surface area contributed by atoms with Gasteiger partial charge in [-0.25, -0.2) is 28.7 Å². The molecule has 21 nitrogen and oxygen atoms in total. The molecule has 0 radical (unpaired) electrons. The Morgan fingerprint density at radius 1 is 1.08 bits per heavy atom. The van der Waals surface area contributed by atoms with Crippen molar-refractivity contribution in [3.8, 4) is 6.07 Å². The van der Waals surface area contributed by atoms with Gasteiger partial charge in [-0.3, -0.25) is 23.2 Å². The van der Waals surface area contributed by atoms with Gasteiger partial charge in [0.05, 0.1) is 45.0 Å². The topological polar surface area (TPSA) is 269 Å². The summed E-state index contributed by atoms with van der Waals surface area (Å²) in [7, 11) is -6.15. The molecule has 0 bridgehead atoms. The first-order chi connectivity index (χ1) is 30.4. The van der Waals surface area contributed by atoms with E-state index < -0.39 is 113 Å². The van der Waals surface area contributed by atoms with Gasteiger partial charge < -0.3 is 38.4 Å². The number of hydrogen-bond donors (Lipinski definition) is 4. The van der Waals surface area contributed by atoms with Crippen LogP contribution in [-0.4, -0.2) is 115 Å². The lowest BCUT2D eigenvalue weighted by atomic mass is 10.1. The van der Waals surface area contributed by atoms with Gasteiger partial charge in [0.1, 0.15) is 36.1 Å². The number of alkyl halides is 1. The minimum absolute atomic E-state index is 0.0398. The number of imidazole rings is 1. The van der Waals surface area contributed by atoms with Crippen molar-refractivity contribution in [2.75, 3.05) is 25.1 Å². The van der Waals surface area contributed by atoms with E-state index in [1.165, 1.54) is 10.9 Å². The number of nitrogens with one attached hydrogen (secondary N) is 2. The van der Waals surface area contributed by atoms with Crippen LogP contribution in [0.5, 0.6) is 0 Å². The summed E-state index contributed by atoms with van der Waals surface area (Å²) in [6, 6.07) is 10.3. The molecule has 4 aromatic heterocycles. The monoisotopic (exact) mass is 966 g/mol. The van der Waals surface area contributed by atoms with Crippen molar-refractivity contribution in [3.63, 3.8) is 0 Å². The smallest absolute Gasteiger partial charge is 0.408 e. The quantitative estimate of drug-likeness (QED) is 0.0538. The van der Waals surface area contributed by atoms with Crippen molar-refractivity contribution >= 4 is 69.0 Å². The summed E-state index contributed by atoms with van der Waals surface area (Å²) in [6.45, 7) is 3.84. The molecule has 2 unspecified atom stereocenters. The highest BCUT2D eigenvalue weighted by atomic mass is 32.5. The van der Waals surface area contributed by atoms with Gasteiger partial charge in [0.2, 0.25) is 0 Å². The molecular weight excluding hydrogens is 923 g/mol. The van der Waals surface area contributed by atoms with Crippen molar-refractivity contribution < 1.29 is 60.1 Å². The molecule has 7 rings (SSSR count). The van der Waals surface area contributed by atoms with E-state index in [2.05, 4.69) is 30.2 Å². The summed E-state index contributed by atoms with van der Waals surface area (Å²) < 4.78 is 89.7. The molecule has 1 amide bonds. The highest BCUT2D eigenvalue weighted by Gasteiger charge is 2.56. The molecular formula is C37H44F2N9O12P2SSi+. The minimum atomic E-state index is -4.18. The number of aliphatic hydroxyl groups excluding tert-OH is 1. The van der Waals surface area contributed by atoms with Crippen molar-refractivity contribution in [2.45, 2.75) is 94.5 Å². The van der Waals surface area contributed by atoms with Gasteiger partial charge in [0.15, 0.2) is 61.5 Å². The van der Waals surface area contributed by atoms with Crippen LogP contribution in [0.4, 0.5) is 14.6 Å². The number of halogens is 2. The number of aromatic nitrogens is 7. The van der Waals surface area contributed by atoms with E-state index in [-0.39, 0.29) is 35.7 Å². The van der Waals surface area contributed by atoms with Crippen molar-refractivity contribution in [3.05, 3.63) is 77.2 Å². The third kappa shape index (κ3) is 9.75. The summed E-state index contributed by atoms with van der Waals surface area (Å²) in [4.78, 5) is 54.7. The van der Waals surface area contributed by atoms with Gasteiger partial charge in [-0.1, -0.05) is 39.0 Å². The van der Waals surface area contributed by atoms with Crippen LogP contribution < -0.4 is 10.9 Å². The molecule has 0 aliphatic carbocycles. The Morgan fingerprint density at radius 3 is 2.50 bits per heavy atom. The molecule has 4 N–H and O–H groups in total. The van der Waals surface area contributed by atoms with Gasteiger partial charge >= 0.3 is 15.0 Å². The largest absolute Gasteiger partial charge is 0.695 e. The number of amides is 1. The summed E-state index contributed by atoms with van der Waals surface area (Å²) in [5.74, 6) is -1.40. The number of carbonyl (C=O) groups is 1. The molecule has 2 fully saturated rings. The Balaban J connectivity index is 1.18. The first kappa shape index (κ1) is 47.6. The Bertz CT molecular complexity index is 2670. The standard InChI is InChI=1S/C37H43F2N9O12P2SSi/c1-37(2,3)64(4,5)60-28-23(57-36(29(28)58-61(52)53)47-14-21(38)24-31(47)42-18-44-34(24)51)16-55-62(63,54-13-9-12-40)59-27-22(15-49)56-35(25(27)39)48-19-45-26-30(41-17-43-32(26)48)46-33(50)20-10-7-6-8-11-20/h6-8,10-11,14,17-19,22-23,25,27-29,35-36,49H,9,13,15-16H2,1-5H3,(H2-,41,42,43,44,46,50,51,52,53)/p+1/t22-,23-,25-,27-,28-,29-,35-,36-,62?/m1/s1. The molecule has 1 aromatic carbocycles. The summed E-state index contributed by atoms with van der Waals surface area (Å²) in [6.07, 6.45) is -7.79. The molecule has 2 saturated heterocycles. The number of aromatic amines is 1. The number of anilines is 1. The number of nitrogens with zero attached hydrogens (tertiary/aromatic N) is 7. The maximum atomic E-state index is 16.8. The zero-order valence-electron chi connectivity index (χ0n) is 34.8. The number of ether oxygens (including phenoxy) is 2. The third-order valence-electron chi connectivity index (χ3n) is 11.0. The fourth-order valence-corrected chi connectivity index (χ4v) is 10.7. The second kappa shape index (κ2) is 19.2. The number of benzene rings is 1. The van der Waals surface area contributed by atoms with E-state index in [1.54, 1.807) is 30.3 Å². The number of nitriles is 1. The van der Waals surface area contributed by atoms with Crippen LogP contribution in [0.15, 0.2) is 60.3 Å². The van der Waals surface area contributed by atoms with Crippen molar-refractivity contribution in [1.82, 2.24) is 34.1 Å². The first-order valence-electron chi connectivity index (χ1n) is 19.6. The van der Waals surface area contributed by atoms with E-state index in [4.69, 9.17) is 43.8 Å². The second-order valence-corrected chi connectivity index (χ2v) is 24.5. The second-order valence-electron chi connectivity index (χ2n) is 16.1. The zero-order chi connectivity index (χ0) is 46.1. The van der Waals surface area contributed by atoms with Crippen molar-refractivity contribution in [2.24, 2.45) is 0 Å². The fraction of sp³-hybridized carbons (Fsp3) is 0.486. The van der Waals surface area contributed by atoms with Crippen LogP contribution >= 0.6 is 15.0 Å². The number of H-pyrrole nitrogens is 1. The Hall–Kier alpha value is -4.38. The van der Waals surface area contributed by atoms with Gasteiger partial charge in [-0.15, -0.1) is 9.42 Å². The van der Waals surface area contributed by atoms with Crippen LogP contribution in [0.3, 0.4) is 0 Å². The Morgan fingerprint density at radius 2 is 1.81 bits per heavy atom. The van der Waals surface area contributed by atoms with Gasteiger partial charge in [-0.05, 0) is 42.1 Å². The summed E-state index contributed by atoms with van der Waals surface area (Å²) in [5, 5.41) is 21.6. The van der Waals surface area contributed by atoms with Gasteiger partial charge in [0, 0.05) is 16.3 Å². The Labute approximate surface area is 370 Å². The van der Waals surface area contributed by atoms with E-state index in [9.17, 15) is 29.4 Å². The van der Waals surface area contributed by atoms with Gasteiger partial charge in [0.25, 0.3) is 11.5 Å². The first-order valence-corrected chi connectivity index (χ1v) is 26.2. The predicted molar refractivity (Wildman–Crippen MR) is 228 cm³/mol. The third-order valence-corrected chi connectivity index (χ3v) is 18.3. The number of carbonyl (C=O) groups excluding carboxylic acids is 1. The molecule has 6 heterocycles. The molecule has 27 heteroatoms. The summed E-state index contributed by atoms with van der Waals surface area (Å²) >= 11 is 5.81. The van der Waals surface area contributed by atoms with Crippen LogP contribution in [0.25, 0.3) is 22.2 Å². The SMILES string of the molecule is CC(C)(C)[Si](C)(C)O[C@H]1[C@@H](O[P+](=O)O)[C@H](n2cc(F)c3c(=O)[nH]cnc32)O[C@@H]1COP(=S)(OCCC#N)O[C@H]1[C@@H](F)[C@H](n2cnc3c(NC(=O)c4ccccc4)ncnc32)O[C@@H]1CO. The zero-order valence-corrected chi connectivity index (χ0v) is 38.4. The lowest BCUT2D eigenvalue weighted by Crippen LogP contribution is -2.50. The average molecular weight is 967 g/mol. The lowest BCUT2D eigenvalue weighted by Gasteiger charge is -2.40. The molecule has 2 aliphatic rings. The van der Waals surface area contributed by atoms with Crippen LogP contribution in [0.2, 0.25) is 18.1 Å². The number of fused-ring (bicyclic) bond motifs is 2. The maximum Gasteiger partial charge on any atom is 0.695 e. The van der Waals surface area contributed by atoms with Gasteiger partial charge in [-0.2, -0.15) is 5.26 Å². The van der Waals surface area contributed by atoms with E-state index in [0.717, 1.165) is 23.4 Å². The van der Waals surface area contributed by atoms with E-state index in [0.29, 0.717) is 5.56 Å². The molecule has 5 aromatic rings. The highest BCUT2D eigenvalue weighted by Crippen LogP contribution is 2.55. The normalized spacial score (nSPS) is 25.1. The summed E-state index contributed by atoms with van der Waals surface area (Å²) in [5.41, 5.74) is -0.425. The molecule has 0 spiro atoms. The molecule has 342 valence electrons. The molecule has 64 heavy (non-hydrogen) atoms. The fourth-order valence-electron chi connectivity index (χ4n) is 6.89. The number of rotatable bonds is 17. The average Bonchev–Trinajstić information content (AvgIpc) is 4.00.